The highest BCUT2D eigenvalue weighted by Gasteiger charge is 2.21. The summed E-state index contributed by atoms with van der Waals surface area (Å²) in [6.07, 6.45) is 0. The third-order valence-electron chi connectivity index (χ3n) is 4.42. The number of anilines is 1. The molecule has 0 heterocycles. The molecule has 0 saturated carbocycles. The lowest BCUT2D eigenvalue weighted by molar-refractivity contribution is -0.119. The fraction of sp³-hybridized carbons (Fsp3) is 0.364. The number of para-hydroxylation sites is 1. The maximum atomic E-state index is 12.5. The highest BCUT2D eigenvalue weighted by Crippen LogP contribution is 2.29. The number of aryl methyl sites for hydroxylation is 1. The maximum Gasteiger partial charge on any atom is 0.338 e. The molecule has 0 aliphatic heterocycles. The van der Waals surface area contributed by atoms with E-state index in [1.165, 1.54) is 18.2 Å². The molecule has 0 saturated heterocycles. The van der Waals surface area contributed by atoms with Gasteiger partial charge in [0.05, 0.1) is 10.5 Å². The maximum absolute atomic E-state index is 12.5. The van der Waals surface area contributed by atoms with Gasteiger partial charge in [-0.2, -0.15) is 0 Å². The summed E-state index contributed by atoms with van der Waals surface area (Å²) in [6.45, 7) is 9.18. The Kier molecular flexibility index (Phi) is 7.39. The molecule has 2 N–H and O–H groups in total. The molecule has 0 fully saturated rings. The first-order valence-corrected chi connectivity index (χ1v) is 11.1. The first-order valence-electron chi connectivity index (χ1n) is 9.62. The quantitative estimate of drug-likeness (QED) is 0.653. The van der Waals surface area contributed by atoms with Crippen LogP contribution in [-0.2, 0) is 25.0 Å². The van der Waals surface area contributed by atoms with Crippen LogP contribution in [0.4, 0.5) is 5.69 Å². The Balaban J connectivity index is 2.11. The molecular weight excluding hydrogens is 404 g/mol. The lowest BCUT2D eigenvalue weighted by Crippen LogP contribution is -2.25. The summed E-state index contributed by atoms with van der Waals surface area (Å²) in [4.78, 5) is 24.8. The SMILES string of the molecule is CCNS(=O)(=O)c1ccc(C)c(C(=O)OCC(=O)Nc2ccccc2C(C)(C)C)c1. The summed E-state index contributed by atoms with van der Waals surface area (Å²) in [5.41, 5.74) is 2.09. The number of rotatable bonds is 7. The van der Waals surface area contributed by atoms with Crippen LogP contribution in [0, 0.1) is 6.92 Å². The second-order valence-electron chi connectivity index (χ2n) is 7.90. The molecule has 162 valence electrons. The zero-order chi connectivity index (χ0) is 22.5. The van der Waals surface area contributed by atoms with Crippen molar-refractivity contribution >= 4 is 27.6 Å². The monoisotopic (exact) mass is 432 g/mol. The molecule has 0 aliphatic rings. The van der Waals surface area contributed by atoms with E-state index >= 15 is 0 Å². The molecule has 7 nitrogen and oxygen atoms in total. The third-order valence-corrected chi connectivity index (χ3v) is 5.96. The van der Waals surface area contributed by atoms with E-state index in [1.807, 2.05) is 39.0 Å². The third kappa shape index (κ3) is 5.90. The standard InChI is InChI=1S/C22H28N2O5S/c1-6-23-30(27,28)16-12-11-15(2)17(13-16)21(26)29-14-20(25)24-19-10-8-7-9-18(19)22(3,4)5/h7-13,23H,6,14H2,1-5H3,(H,24,25). The highest BCUT2D eigenvalue weighted by atomic mass is 32.2. The van der Waals surface area contributed by atoms with Crippen LogP contribution < -0.4 is 10.0 Å². The van der Waals surface area contributed by atoms with Crippen molar-refractivity contribution in [3.05, 3.63) is 59.2 Å². The minimum Gasteiger partial charge on any atom is -0.452 e. The summed E-state index contributed by atoms with van der Waals surface area (Å²) < 4.78 is 31.9. The van der Waals surface area contributed by atoms with Crippen LogP contribution in [0.2, 0.25) is 0 Å². The van der Waals surface area contributed by atoms with Gasteiger partial charge in [-0.1, -0.05) is 52.0 Å². The fourth-order valence-electron chi connectivity index (χ4n) is 2.90. The number of sulfonamides is 1. The van der Waals surface area contributed by atoms with Crippen LogP contribution >= 0.6 is 0 Å². The Morgan fingerprint density at radius 2 is 1.73 bits per heavy atom. The van der Waals surface area contributed by atoms with E-state index in [0.717, 1.165) is 5.56 Å². The Morgan fingerprint density at radius 3 is 2.37 bits per heavy atom. The molecule has 0 aromatic heterocycles. The smallest absolute Gasteiger partial charge is 0.338 e. The van der Waals surface area contributed by atoms with Crippen LogP contribution in [0.15, 0.2) is 47.4 Å². The average Bonchev–Trinajstić information content (AvgIpc) is 2.66. The van der Waals surface area contributed by atoms with Gasteiger partial charge in [0.25, 0.3) is 5.91 Å². The van der Waals surface area contributed by atoms with Crippen molar-refractivity contribution in [3.8, 4) is 0 Å². The van der Waals surface area contributed by atoms with E-state index in [9.17, 15) is 18.0 Å². The number of esters is 1. The number of carbonyl (C=O) groups excluding carboxylic acids is 2. The molecule has 0 radical (unpaired) electrons. The van der Waals surface area contributed by atoms with Gasteiger partial charge in [-0.3, -0.25) is 4.79 Å². The first kappa shape index (κ1) is 23.6. The topological polar surface area (TPSA) is 102 Å². The average molecular weight is 433 g/mol. The zero-order valence-corrected chi connectivity index (χ0v) is 18.7. The van der Waals surface area contributed by atoms with Gasteiger partial charge in [0, 0.05) is 12.2 Å². The van der Waals surface area contributed by atoms with Crippen LogP contribution in [0.3, 0.4) is 0 Å². The van der Waals surface area contributed by atoms with E-state index in [-0.39, 0.29) is 22.4 Å². The van der Waals surface area contributed by atoms with Gasteiger partial charge in [0.1, 0.15) is 0 Å². The molecule has 0 bridgehead atoms. The number of carbonyl (C=O) groups is 2. The number of ether oxygens (including phenoxy) is 1. The summed E-state index contributed by atoms with van der Waals surface area (Å²) >= 11 is 0. The molecule has 1 amide bonds. The molecule has 2 aromatic rings. The summed E-state index contributed by atoms with van der Waals surface area (Å²) in [5.74, 6) is -1.24. The van der Waals surface area contributed by atoms with Crippen molar-refractivity contribution < 1.29 is 22.7 Å². The second kappa shape index (κ2) is 9.40. The Bertz CT molecular complexity index is 1040. The lowest BCUT2D eigenvalue weighted by atomic mass is 9.86. The predicted octanol–water partition coefficient (Wildman–Crippen LogP) is 3.39. The van der Waals surface area contributed by atoms with E-state index < -0.39 is 28.5 Å². The highest BCUT2D eigenvalue weighted by molar-refractivity contribution is 7.89. The molecule has 0 unspecified atom stereocenters. The zero-order valence-electron chi connectivity index (χ0n) is 17.9. The van der Waals surface area contributed by atoms with Crippen LogP contribution in [0.1, 0.15) is 49.2 Å². The Labute approximate surface area is 177 Å². The largest absolute Gasteiger partial charge is 0.452 e. The molecular formula is C22H28N2O5S. The minimum atomic E-state index is -3.71. The molecule has 2 aromatic carbocycles. The number of nitrogens with one attached hydrogen (secondary N) is 2. The van der Waals surface area contributed by atoms with E-state index in [1.54, 1.807) is 19.9 Å². The van der Waals surface area contributed by atoms with Gasteiger partial charge in [0.2, 0.25) is 10.0 Å². The van der Waals surface area contributed by atoms with Gasteiger partial charge < -0.3 is 10.1 Å². The van der Waals surface area contributed by atoms with Crippen molar-refractivity contribution in [2.24, 2.45) is 0 Å². The van der Waals surface area contributed by atoms with Gasteiger partial charge in [0.15, 0.2) is 6.61 Å². The molecule has 0 aliphatic carbocycles. The van der Waals surface area contributed by atoms with Crippen molar-refractivity contribution in [1.29, 1.82) is 0 Å². The predicted molar refractivity (Wildman–Crippen MR) is 116 cm³/mol. The van der Waals surface area contributed by atoms with Crippen LogP contribution in [0.5, 0.6) is 0 Å². The van der Waals surface area contributed by atoms with E-state index in [0.29, 0.717) is 11.3 Å². The van der Waals surface area contributed by atoms with E-state index in [2.05, 4.69) is 10.0 Å². The number of amides is 1. The van der Waals surface area contributed by atoms with E-state index in [4.69, 9.17) is 4.74 Å². The summed E-state index contributed by atoms with van der Waals surface area (Å²) in [5, 5.41) is 2.77. The van der Waals surface area contributed by atoms with Crippen LogP contribution in [0.25, 0.3) is 0 Å². The number of hydrogen-bond donors (Lipinski definition) is 2. The van der Waals surface area contributed by atoms with Crippen molar-refractivity contribution in [2.75, 3.05) is 18.5 Å². The molecule has 0 spiro atoms. The van der Waals surface area contributed by atoms with Gasteiger partial charge >= 0.3 is 5.97 Å². The lowest BCUT2D eigenvalue weighted by Gasteiger charge is -2.23. The fourth-order valence-corrected chi connectivity index (χ4v) is 3.97. The number of benzene rings is 2. The summed E-state index contributed by atoms with van der Waals surface area (Å²) in [6, 6.07) is 11.6. The molecule has 2 rings (SSSR count). The van der Waals surface area contributed by atoms with Gasteiger partial charge in [-0.05, 0) is 41.7 Å². The van der Waals surface area contributed by atoms with Crippen LogP contribution in [-0.4, -0.2) is 33.4 Å². The minimum absolute atomic E-state index is 0.0366. The molecule has 8 heteroatoms. The van der Waals surface area contributed by atoms with Gasteiger partial charge in [-0.25, -0.2) is 17.9 Å². The summed E-state index contributed by atoms with van der Waals surface area (Å²) in [7, 11) is -3.71. The van der Waals surface area contributed by atoms with Crippen molar-refractivity contribution in [1.82, 2.24) is 4.72 Å². The number of hydrogen-bond acceptors (Lipinski definition) is 5. The molecule has 30 heavy (non-hydrogen) atoms. The Hall–Kier alpha value is -2.71. The second-order valence-corrected chi connectivity index (χ2v) is 9.66. The molecule has 0 atom stereocenters. The first-order chi connectivity index (χ1) is 14.0. The normalized spacial score (nSPS) is 11.8. The van der Waals surface area contributed by atoms with Crippen molar-refractivity contribution in [2.45, 2.75) is 44.9 Å². The Morgan fingerprint density at radius 1 is 1.07 bits per heavy atom. The van der Waals surface area contributed by atoms with Gasteiger partial charge in [-0.15, -0.1) is 0 Å². The van der Waals surface area contributed by atoms with Crippen molar-refractivity contribution in [3.63, 3.8) is 0 Å².